The molecule has 0 bridgehead atoms. The van der Waals surface area contributed by atoms with E-state index in [1.807, 2.05) is 12.1 Å². The van der Waals surface area contributed by atoms with Gasteiger partial charge in [0.1, 0.15) is 0 Å². The van der Waals surface area contributed by atoms with E-state index in [1.165, 1.54) is 11.1 Å². The Morgan fingerprint density at radius 2 is 1.90 bits per heavy atom. The molecular formula is C17H23NO2. The van der Waals surface area contributed by atoms with Crippen molar-refractivity contribution >= 4 is 5.97 Å². The minimum absolute atomic E-state index is 0.273. The lowest BCUT2D eigenvalue weighted by molar-refractivity contribution is 0.0697. The first-order chi connectivity index (χ1) is 9.36. The van der Waals surface area contributed by atoms with Gasteiger partial charge in [-0.05, 0) is 29.5 Å². The Kier molecular flexibility index (Phi) is 4.29. The Hall–Kier alpha value is -1.61. The first-order valence-electron chi connectivity index (χ1n) is 7.10. The average Bonchev–Trinajstić information content (AvgIpc) is 2.39. The number of carboxylic acid groups (broad SMARTS) is 1. The first kappa shape index (κ1) is 14.8. The summed E-state index contributed by atoms with van der Waals surface area (Å²) in [5.74, 6) is -0.868. The second-order valence-corrected chi connectivity index (χ2v) is 6.47. The van der Waals surface area contributed by atoms with Crippen molar-refractivity contribution in [2.24, 2.45) is 5.41 Å². The van der Waals surface area contributed by atoms with Crippen LogP contribution in [0.15, 0.2) is 35.9 Å². The summed E-state index contributed by atoms with van der Waals surface area (Å²) in [5, 5.41) is 8.88. The van der Waals surface area contributed by atoms with E-state index in [4.69, 9.17) is 5.11 Å². The average molecular weight is 273 g/mol. The highest BCUT2D eigenvalue weighted by Gasteiger charge is 2.21. The molecule has 0 fully saturated rings. The van der Waals surface area contributed by atoms with Crippen LogP contribution in [0, 0.1) is 5.41 Å². The molecule has 1 aliphatic rings. The SMILES string of the molecule is CC(C)(C)C1=CCN(Cc2ccc(C(=O)O)cc2)CC1. The normalized spacial score (nSPS) is 16.9. The lowest BCUT2D eigenvalue weighted by Gasteiger charge is -2.32. The van der Waals surface area contributed by atoms with Crippen LogP contribution in [0.3, 0.4) is 0 Å². The maximum Gasteiger partial charge on any atom is 0.335 e. The molecule has 1 aliphatic heterocycles. The zero-order chi connectivity index (χ0) is 14.8. The lowest BCUT2D eigenvalue weighted by atomic mass is 9.83. The zero-order valence-corrected chi connectivity index (χ0v) is 12.5. The van der Waals surface area contributed by atoms with Crippen LogP contribution in [0.1, 0.15) is 43.1 Å². The molecule has 0 spiro atoms. The molecule has 0 radical (unpaired) electrons. The van der Waals surface area contributed by atoms with Gasteiger partial charge in [-0.2, -0.15) is 0 Å². The molecule has 1 aromatic carbocycles. The molecule has 0 aliphatic carbocycles. The van der Waals surface area contributed by atoms with Gasteiger partial charge >= 0.3 is 5.97 Å². The zero-order valence-electron chi connectivity index (χ0n) is 12.5. The standard InChI is InChI=1S/C17H23NO2/c1-17(2,3)15-8-10-18(11-9-15)12-13-4-6-14(7-5-13)16(19)20/h4-8H,9-12H2,1-3H3,(H,19,20). The van der Waals surface area contributed by atoms with Gasteiger partial charge in [0.05, 0.1) is 5.56 Å². The van der Waals surface area contributed by atoms with E-state index in [9.17, 15) is 4.79 Å². The molecule has 2 rings (SSSR count). The molecule has 0 aromatic heterocycles. The molecule has 20 heavy (non-hydrogen) atoms. The number of hydrogen-bond donors (Lipinski definition) is 1. The smallest absolute Gasteiger partial charge is 0.335 e. The van der Waals surface area contributed by atoms with Crippen molar-refractivity contribution in [3.05, 3.63) is 47.0 Å². The molecule has 1 heterocycles. The highest BCUT2D eigenvalue weighted by molar-refractivity contribution is 5.87. The molecule has 0 saturated heterocycles. The molecule has 0 saturated carbocycles. The van der Waals surface area contributed by atoms with Crippen LogP contribution >= 0.6 is 0 Å². The van der Waals surface area contributed by atoms with Crippen molar-refractivity contribution < 1.29 is 9.90 Å². The van der Waals surface area contributed by atoms with Gasteiger partial charge in [0.2, 0.25) is 0 Å². The molecule has 3 heteroatoms. The third kappa shape index (κ3) is 3.70. The van der Waals surface area contributed by atoms with E-state index in [1.54, 1.807) is 12.1 Å². The summed E-state index contributed by atoms with van der Waals surface area (Å²) >= 11 is 0. The van der Waals surface area contributed by atoms with Crippen LogP contribution < -0.4 is 0 Å². The Morgan fingerprint density at radius 1 is 1.25 bits per heavy atom. The molecule has 1 aromatic rings. The van der Waals surface area contributed by atoms with Gasteiger partial charge in [0.15, 0.2) is 0 Å². The quantitative estimate of drug-likeness (QED) is 0.856. The van der Waals surface area contributed by atoms with Crippen molar-refractivity contribution in [1.29, 1.82) is 0 Å². The molecule has 1 N–H and O–H groups in total. The van der Waals surface area contributed by atoms with Crippen LogP contribution in [0.5, 0.6) is 0 Å². The van der Waals surface area contributed by atoms with Gasteiger partial charge in [0.25, 0.3) is 0 Å². The highest BCUT2D eigenvalue weighted by atomic mass is 16.4. The van der Waals surface area contributed by atoms with Gasteiger partial charge in [-0.1, -0.05) is 44.6 Å². The topological polar surface area (TPSA) is 40.5 Å². The number of benzene rings is 1. The summed E-state index contributed by atoms with van der Waals surface area (Å²) in [7, 11) is 0. The molecule has 0 unspecified atom stereocenters. The largest absolute Gasteiger partial charge is 0.478 e. The second kappa shape index (κ2) is 5.80. The van der Waals surface area contributed by atoms with E-state index in [0.29, 0.717) is 5.56 Å². The van der Waals surface area contributed by atoms with E-state index in [2.05, 4.69) is 31.7 Å². The summed E-state index contributed by atoms with van der Waals surface area (Å²) in [6.45, 7) is 9.72. The van der Waals surface area contributed by atoms with Crippen LogP contribution in [0.2, 0.25) is 0 Å². The third-order valence-electron chi connectivity index (χ3n) is 3.86. The van der Waals surface area contributed by atoms with Gasteiger partial charge in [-0.25, -0.2) is 4.79 Å². The third-order valence-corrected chi connectivity index (χ3v) is 3.86. The monoisotopic (exact) mass is 273 g/mol. The van der Waals surface area contributed by atoms with Crippen molar-refractivity contribution in [2.75, 3.05) is 13.1 Å². The fraction of sp³-hybridized carbons (Fsp3) is 0.471. The van der Waals surface area contributed by atoms with Crippen LogP contribution in [-0.4, -0.2) is 29.1 Å². The summed E-state index contributed by atoms with van der Waals surface area (Å²) in [6, 6.07) is 7.18. The maximum absolute atomic E-state index is 10.8. The van der Waals surface area contributed by atoms with E-state index >= 15 is 0 Å². The Labute approximate surface area is 120 Å². The van der Waals surface area contributed by atoms with Crippen LogP contribution in [-0.2, 0) is 6.54 Å². The van der Waals surface area contributed by atoms with Gasteiger partial charge in [-0.3, -0.25) is 4.90 Å². The lowest BCUT2D eigenvalue weighted by Crippen LogP contribution is -2.30. The number of carbonyl (C=O) groups is 1. The second-order valence-electron chi connectivity index (χ2n) is 6.47. The van der Waals surface area contributed by atoms with E-state index < -0.39 is 5.97 Å². The fourth-order valence-electron chi connectivity index (χ4n) is 2.55. The van der Waals surface area contributed by atoms with Gasteiger partial charge < -0.3 is 5.11 Å². The molecule has 0 atom stereocenters. The molecule has 3 nitrogen and oxygen atoms in total. The summed E-state index contributed by atoms with van der Waals surface area (Å²) in [5.41, 5.74) is 3.33. The predicted octanol–water partition coefficient (Wildman–Crippen LogP) is 3.56. The number of aromatic carboxylic acids is 1. The Morgan fingerprint density at radius 3 is 2.35 bits per heavy atom. The van der Waals surface area contributed by atoms with Crippen molar-refractivity contribution in [1.82, 2.24) is 4.90 Å². The number of rotatable bonds is 3. The fourth-order valence-corrected chi connectivity index (χ4v) is 2.55. The minimum atomic E-state index is -0.868. The molecule has 0 amide bonds. The summed E-state index contributed by atoms with van der Waals surface area (Å²) in [4.78, 5) is 13.2. The first-order valence-corrected chi connectivity index (χ1v) is 7.10. The predicted molar refractivity (Wildman–Crippen MR) is 80.8 cm³/mol. The number of hydrogen-bond acceptors (Lipinski definition) is 2. The Bertz CT molecular complexity index is 509. The minimum Gasteiger partial charge on any atom is -0.478 e. The van der Waals surface area contributed by atoms with Gasteiger partial charge in [-0.15, -0.1) is 0 Å². The van der Waals surface area contributed by atoms with Crippen LogP contribution in [0.4, 0.5) is 0 Å². The highest BCUT2D eigenvalue weighted by Crippen LogP contribution is 2.30. The maximum atomic E-state index is 10.8. The van der Waals surface area contributed by atoms with Crippen molar-refractivity contribution in [3.63, 3.8) is 0 Å². The summed E-state index contributed by atoms with van der Waals surface area (Å²) < 4.78 is 0. The number of nitrogens with zero attached hydrogens (tertiary/aromatic N) is 1. The molecule has 108 valence electrons. The number of carboxylic acids is 1. The van der Waals surface area contributed by atoms with Crippen molar-refractivity contribution in [3.8, 4) is 0 Å². The van der Waals surface area contributed by atoms with E-state index in [0.717, 1.165) is 26.1 Å². The molecular weight excluding hydrogens is 250 g/mol. The van der Waals surface area contributed by atoms with E-state index in [-0.39, 0.29) is 5.41 Å². The summed E-state index contributed by atoms with van der Waals surface area (Å²) in [6.07, 6.45) is 3.46. The van der Waals surface area contributed by atoms with Gasteiger partial charge in [0, 0.05) is 19.6 Å². The Balaban J connectivity index is 1.96. The van der Waals surface area contributed by atoms with Crippen LogP contribution in [0.25, 0.3) is 0 Å². The van der Waals surface area contributed by atoms with Crippen molar-refractivity contribution in [2.45, 2.75) is 33.7 Å².